The van der Waals surface area contributed by atoms with E-state index in [2.05, 4.69) is 27.4 Å². The maximum absolute atomic E-state index is 11.9. The second kappa shape index (κ2) is 16.0. The van der Waals surface area contributed by atoms with Gasteiger partial charge in [-0.25, -0.2) is 0 Å². The summed E-state index contributed by atoms with van der Waals surface area (Å²) in [4.78, 5) is 19.1. The fourth-order valence-electron chi connectivity index (χ4n) is 2.42. The summed E-state index contributed by atoms with van der Waals surface area (Å²) in [5.74, 6) is 0.0426. The molecule has 0 aliphatic rings. The van der Waals surface area contributed by atoms with Crippen LogP contribution in [0.25, 0.3) is 10.9 Å². The van der Waals surface area contributed by atoms with Crippen LogP contribution in [0.5, 0.6) is 0 Å². The van der Waals surface area contributed by atoms with Gasteiger partial charge in [0.2, 0.25) is 5.91 Å². The number of H-pyrrole nitrogens is 1. The minimum Gasteiger partial charge on any atom is -0.361 e. The third kappa shape index (κ3) is 9.27. The summed E-state index contributed by atoms with van der Waals surface area (Å²) in [6.45, 7) is 5.84. The van der Waals surface area contributed by atoms with Crippen molar-refractivity contribution in [2.24, 2.45) is 11.5 Å². The van der Waals surface area contributed by atoms with Crippen LogP contribution in [0.1, 0.15) is 25.0 Å². The SMILES string of the molecule is CC.NCCN.O=C(Cc1ccncc1)NCCc1c[nH]c2ccccc12.[Pt]. The predicted molar refractivity (Wildman–Crippen MR) is 112 cm³/mol. The molecule has 0 spiro atoms. The number of hydrogen-bond acceptors (Lipinski definition) is 4. The van der Waals surface area contributed by atoms with E-state index in [0.29, 0.717) is 26.1 Å². The van der Waals surface area contributed by atoms with Crippen molar-refractivity contribution in [3.63, 3.8) is 0 Å². The number of benzene rings is 1. The molecule has 0 bridgehead atoms. The normalized spacial score (nSPS) is 9.29. The number of nitrogens with one attached hydrogen (secondary N) is 2. The van der Waals surface area contributed by atoms with Crippen molar-refractivity contribution in [3.05, 3.63) is 66.1 Å². The fourth-order valence-corrected chi connectivity index (χ4v) is 2.42. The molecule has 2 heterocycles. The fraction of sp³-hybridized carbons (Fsp3) is 0.333. The molecule has 6 N–H and O–H groups in total. The zero-order valence-electron chi connectivity index (χ0n) is 16.6. The number of nitrogens with zero attached hydrogens (tertiary/aromatic N) is 1. The second-order valence-electron chi connectivity index (χ2n) is 5.57. The van der Waals surface area contributed by atoms with E-state index >= 15 is 0 Å². The van der Waals surface area contributed by atoms with Crippen LogP contribution in [0.15, 0.2) is 55.0 Å². The zero-order valence-corrected chi connectivity index (χ0v) is 18.8. The Bertz CT molecular complexity index is 775. The van der Waals surface area contributed by atoms with E-state index in [0.717, 1.165) is 17.5 Å². The van der Waals surface area contributed by atoms with E-state index < -0.39 is 0 Å². The van der Waals surface area contributed by atoms with Gasteiger partial charge in [-0.1, -0.05) is 32.0 Å². The molecule has 3 aromatic rings. The minimum atomic E-state index is 0. The molecule has 6 nitrogen and oxygen atoms in total. The number of para-hydroxylation sites is 1. The first-order chi connectivity index (χ1) is 13.2. The number of aromatic nitrogens is 2. The summed E-state index contributed by atoms with van der Waals surface area (Å²) >= 11 is 0. The number of carbonyl (C=O) groups is 1. The van der Waals surface area contributed by atoms with Gasteiger partial charge in [0.05, 0.1) is 6.42 Å². The average Bonchev–Trinajstić information content (AvgIpc) is 3.14. The van der Waals surface area contributed by atoms with Gasteiger partial charge in [0.25, 0.3) is 0 Å². The zero-order chi connectivity index (χ0) is 19.9. The first-order valence-corrected chi connectivity index (χ1v) is 9.35. The van der Waals surface area contributed by atoms with E-state index in [1.807, 2.05) is 44.3 Å². The Kier molecular flexibility index (Phi) is 14.8. The Morgan fingerprint density at radius 3 is 2.36 bits per heavy atom. The van der Waals surface area contributed by atoms with E-state index in [4.69, 9.17) is 11.5 Å². The molecule has 0 atom stereocenters. The monoisotopic (exact) mass is 564 g/mol. The minimum absolute atomic E-state index is 0. The Balaban J connectivity index is 0.000000931. The molecule has 0 fully saturated rings. The Morgan fingerprint density at radius 1 is 1.07 bits per heavy atom. The van der Waals surface area contributed by atoms with Gasteiger partial charge >= 0.3 is 0 Å². The molecule has 0 radical (unpaired) electrons. The van der Waals surface area contributed by atoms with Crippen molar-refractivity contribution < 1.29 is 25.9 Å². The predicted octanol–water partition coefficient (Wildman–Crippen LogP) is 2.39. The molecule has 0 unspecified atom stereocenters. The van der Waals surface area contributed by atoms with Crippen LogP contribution in [-0.2, 0) is 38.7 Å². The molecular weight excluding hydrogens is 533 g/mol. The van der Waals surface area contributed by atoms with Crippen LogP contribution >= 0.6 is 0 Å². The summed E-state index contributed by atoms with van der Waals surface area (Å²) in [5.41, 5.74) is 13.2. The third-order valence-corrected chi connectivity index (χ3v) is 3.67. The standard InChI is InChI=1S/C17H17N3O.C2H8N2.C2H6.Pt/c21-17(11-13-5-8-18-9-6-13)19-10-7-14-12-20-16-4-2-1-3-15(14)16;3-1-2-4;1-2;/h1-6,8-9,12,20H,7,10-11H2,(H,19,21);1-4H2;1-2H3;. The van der Waals surface area contributed by atoms with Crippen LogP contribution in [0.4, 0.5) is 0 Å². The summed E-state index contributed by atoms with van der Waals surface area (Å²) < 4.78 is 0. The van der Waals surface area contributed by atoms with Crippen molar-refractivity contribution >= 4 is 16.8 Å². The van der Waals surface area contributed by atoms with Crippen molar-refractivity contribution in [2.45, 2.75) is 26.7 Å². The van der Waals surface area contributed by atoms with Crippen LogP contribution in [0.2, 0.25) is 0 Å². The maximum atomic E-state index is 11.9. The van der Waals surface area contributed by atoms with E-state index in [9.17, 15) is 4.79 Å². The van der Waals surface area contributed by atoms with Crippen LogP contribution in [-0.4, -0.2) is 35.5 Å². The van der Waals surface area contributed by atoms with Gasteiger partial charge < -0.3 is 21.8 Å². The number of hydrogen-bond donors (Lipinski definition) is 4. The van der Waals surface area contributed by atoms with Gasteiger partial charge in [-0.2, -0.15) is 0 Å². The largest absolute Gasteiger partial charge is 0.361 e. The average molecular weight is 565 g/mol. The number of pyridine rings is 1. The molecule has 0 aliphatic carbocycles. The van der Waals surface area contributed by atoms with E-state index in [-0.39, 0.29) is 27.0 Å². The van der Waals surface area contributed by atoms with E-state index in [1.165, 1.54) is 10.9 Å². The van der Waals surface area contributed by atoms with Crippen LogP contribution in [0.3, 0.4) is 0 Å². The number of fused-ring (bicyclic) bond motifs is 1. The molecule has 2 aromatic heterocycles. The topological polar surface area (TPSA) is 110 Å². The van der Waals surface area contributed by atoms with Gasteiger partial charge in [-0.15, -0.1) is 0 Å². The van der Waals surface area contributed by atoms with Gasteiger partial charge in [0, 0.05) is 70.2 Å². The second-order valence-corrected chi connectivity index (χ2v) is 5.57. The molecular formula is C21H31N5OPt. The first-order valence-electron chi connectivity index (χ1n) is 9.35. The van der Waals surface area contributed by atoms with Gasteiger partial charge in [0.1, 0.15) is 0 Å². The molecule has 0 saturated carbocycles. The van der Waals surface area contributed by atoms with Gasteiger partial charge in [0.15, 0.2) is 0 Å². The molecule has 1 amide bonds. The smallest absolute Gasteiger partial charge is 0.224 e. The van der Waals surface area contributed by atoms with Crippen molar-refractivity contribution in [1.29, 1.82) is 0 Å². The van der Waals surface area contributed by atoms with Crippen molar-refractivity contribution in [2.75, 3.05) is 19.6 Å². The summed E-state index contributed by atoms with van der Waals surface area (Å²) in [5, 5.41) is 4.18. The Hall–Kier alpha value is -2.01. The number of carbonyl (C=O) groups excluding carboxylic acids is 1. The molecule has 0 saturated heterocycles. The van der Waals surface area contributed by atoms with Crippen LogP contribution in [0, 0.1) is 0 Å². The molecule has 7 heteroatoms. The molecule has 1 aromatic carbocycles. The molecule has 156 valence electrons. The Morgan fingerprint density at radius 2 is 1.71 bits per heavy atom. The summed E-state index contributed by atoms with van der Waals surface area (Å²) in [6, 6.07) is 11.9. The molecule has 3 rings (SSSR count). The molecule has 28 heavy (non-hydrogen) atoms. The third-order valence-electron chi connectivity index (χ3n) is 3.67. The van der Waals surface area contributed by atoms with Gasteiger partial charge in [-0.3, -0.25) is 9.78 Å². The number of rotatable bonds is 6. The van der Waals surface area contributed by atoms with Crippen molar-refractivity contribution in [3.8, 4) is 0 Å². The maximum Gasteiger partial charge on any atom is 0.224 e. The summed E-state index contributed by atoms with van der Waals surface area (Å²) in [6.07, 6.45) is 6.64. The number of amides is 1. The number of nitrogens with two attached hydrogens (primary N) is 2. The Labute approximate surface area is 181 Å². The number of aromatic amines is 1. The van der Waals surface area contributed by atoms with Crippen LogP contribution < -0.4 is 16.8 Å². The quantitative estimate of drug-likeness (QED) is 0.369. The van der Waals surface area contributed by atoms with Crippen molar-refractivity contribution in [1.82, 2.24) is 15.3 Å². The summed E-state index contributed by atoms with van der Waals surface area (Å²) in [7, 11) is 0. The first kappa shape index (κ1) is 26.0. The van der Waals surface area contributed by atoms with Gasteiger partial charge in [-0.05, 0) is 35.7 Å². The van der Waals surface area contributed by atoms with E-state index in [1.54, 1.807) is 12.4 Å². The molecule has 0 aliphatic heterocycles.